The van der Waals surface area contributed by atoms with Crippen molar-refractivity contribution in [2.45, 2.75) is 63.4 Å². The number of anilines is 1. The van der Waals surface area contributed by atoms with Crippen molar-refractivity contribution in [1.29, 1.82) is 0 Å². The van der Waals surface area contributed by atoms with E-state index in [2.05, 4.69) is 24.5 Å². The lowest BCUT2D eigenvalue weighted by atomic mass is 9.73. The van der Waals surface area contributed by atoms with Crippen molar-refractivity contribution < 1.29 is 23.9 Å². The fourth-order valence-electron chi connectivity index (χ4n) is 7.30. The summed E-state index contributed by atoms with van der Waals surface area (Å²) in [7, 11) is 1.58. The van der Waals surface area contributed by atoms with E-state index in [1.807, 2.05) is 30.3 Å². The first-order valence-corrected chi connectivity index (χ1v) is 15.2. The number of rotatable bonds is 7. The summed E-state index contributed by atoms with van der Waals surface area (Å²) >= 11 is 12.3. The van der Waals surface area contributed by atoms with Crippen molar-refractivity contribution in [3.8, 4) is 5.75 Å². The number of ether oxygens (including phenoxy) is 2. The van der Waals surface area contributed by atoms with Crippen molar-refractivity contribution in [2.75, 3.05) is 12.4 Å². The van der Waals surface area contributed by atoms with Gasteiger partial charge < -0.3 is 25.0 Å². The van der Waals surface area contributed by atoms with Gasteiger partial charge in [-0.3, -0.25) is 14.4 Å². The van der Waals surface area contributed by atoms with Gasteiger partial charge >= 0.3 is 0 Å². The first kappa shape index (κ1) is 29.0. The third kappa shape index (κ3) is 4.97. The standard InChI is InChI=1S/C32H35Cl2N3O5/c1-17-6-4-9-24(18(17)2)36-30(39)28-32-11-10-25(42-32)26(29(38)35-22-14-20(33)13-21(34)15-22)27(32)31(40)37(28)16-19-7-5-8-23(12-19)41-3/h5,7-8,10-15,17-18,24-28H,4,6,9,16H2,1-3H3,(H,35,38)(H,36,39)/t17-,18+,24+,25+,26+,27+,28-,32-/m0/s1. The molecule has 0 radical (unpaired) electrons. The molecule has 3 heterocycles. The Bertz CT molecular complexity index is 1430. The van der Waals surface area contributed by atoms with Crippen LogP contribution in [0.3, 0.4) is 0 Å². The number of fused-ring (bicyclic) bond motifs is 1. The molecule has 4 aliphatic rings. The minimum absolute atomic E-state index is 0.000253. The third-order valence-electron chi connectivity index (χ3n) is 9.58. The molecule has 0 unspecified atom stereocenters. The molecule has 2 bridgehead atoms. The number of benzene rings is 2. The van der Waals surface area contributed by atoms with Crippen LogP contribution in [0, 0.1) is 23.7 Å². The maximum atomic E-state index is 14.3. The van der Waals surface area contributed by atoms with Crippen molar-refractivity contribution in [3.63, 3.8) is 0 Å². The van der Waals surface area contributed by atoms with Gasteiger partial charge in [0.2, 0.25) is 17.7 Å². The molecule has 10 heteroatoms. The van der Waals surface area contributed by atoms with Crippen LogP contribution in [0.25, 0.3) is 0 Å². The number of nitrogens with one attached hydrogen (secondary N) is 2. The number of carbonyl (C=O) groups is 3. The van der Waals surface area contributed by atoms with Gasteiger partial charge in [-0.1, -0.05) is 74.2 Å². The lowest BCUT2D eigenvalue weighted by molar-refractivity contribution is -0.142. The monoisotopic (exact) mass is 611 g/mol. The summed E-state index contributed by atoms with van der Waals surface area (Å²) in [4.78, 5) is 43.8. The van der Waals surface area contributed by atoms with Crippen molar-refractivity contribution in [2.24, 2.45) is 23.7 Å². The maximum absolute atomic E-state index is 14.3. The van der Waals surface area contributed by atoms with Gasteiger partial charge in [0, 0.05) is 28.3 Å². The smallest absolute Gasteiger partial charge is 0.246 e. The molecular weight excluding hydrogens is 577 g/mol. The third-order valence-corrected chi connectivity index (χ3v) is 10.0. The number of methoxy groups -OCH3 is 1. The Morgan fingerprint density at radius 3 is 2.60 bits per heavy atom. The van der Waals surface area contributed by atoms with E-state index in [9.17, 15) is 14.4 Å². The van der Waals surface area contributed by atoms with Gasteiger partial charge in [0.25, 0.3) is 0 Å². The average molecular weight is 613 g/mol. The van der Waals surface area contributed by atoms with E-state index in [0.29, 0.717) is 33.3 Å². The van der Waals surface area contributed by atoms with Crippen LogP contribution < -0.4 is 15.4 Å². The van der Waals surface area contributed by atoms with E-state index in [1.54, 1.807) is 36.3 Å². The fraction of sp³-hybridized carbons (Fsp3) is 0.469. The number of carbonyl (C=O) groups excluding carboxylic acids is 3. The van der Waals surface area contributed by atoms with Crippen molar-refractivity contribution in [3.05, 3.63) is 70.2 Å². The number of hydrogen-bond acceptors (Lipinski definition) is 5. The zero-order chi connectivity index (χ0) is 29.8. The van der Waals surface area contributed by atoms with Gasteiger partial charge in [-0.15, -0.1) is 0 Å². The highest BCUT2D eigenvalue weighted by atomic mass is 35.5. The van der Waals surface area contributed by atoms with Gasteiger partial charge in [0.05, 0.1) is 25.0 Å². The van der Waals surface area contributed by atoms with Crippen LogP contribution in [-0.2, 0) is 25.7 Å². The number of halogens is 2. The lowest BCUT2D eigenvalue weighted by Crippen LogP contribution is -2.57. The van der Waals surface area contributed by atoms with E-state index < -0.39 is 29.6 Å². The molecule has 6 rings (SSSR count). The molecule has 3 fully saturated rings. The highest BCUT2D eigenvalue weighted by molar-refractivity contribution is 6.35. The predicted octanol–water partition coefficient (Wildman–Crippen LogP) is 5.23. The second-order valence-electron chi connectivity index (χ2n) is 12.0. The van der Waals surface area contributed by atoms with Gasteiger partial charge in [-0.25, -0.2) is 0 Å². The van der Waals surface area contributed by atoms with E-state index in [1.165, 1.54) is 0 Å². The predicted molar refractivity (Wildman–Crippen MR) is 160 cm³/mol. The van der Waals surface area contributed by atoms with Crippen LogP contribution in [0.5, 0.6) is 5.75 Å². The van der Waals surface area contributed by atoms with Gasteiger partial charge in [-0.2, -0.15) is 0 Å². The summed E-state index contributed by atoms with van der Waals surface area (Å²) in [5, 5.41) is 6.91. The summed E-state index contributed by atoms with van der Waals surface area (Å²) in [6.45, 7) is 4.55. The minimum Gasteiger partial charge on any atom is -0.497 e. The molecule has 1 saturated carbocycles. The number of amides is 3. The SMILES string of the molecule is COc1cccc(CN2C(=O)[C@H]3[C@H](C(=O)Nc4cc(Cl)cc(Cl)c4)[C@H]4C=C[C@@]3(O4)[C@@H]2C(=O)N[C@@H]2CCC[C@H](C)[C@H]2C)c1. The molecule has 0 aromatic heterocycles. The van der Waals surface area contributed by atoms with Crippen molar-refractivity contribution >= 4 is 46.6 Å². The Morgan fingerprint density at radius 2 is 1.86 bits per heavy atom. The molecule has 1 spiro atoms. The lowest BCUT2D eigenvalue weighted by Gasteiger charge is -2.38. The Balaban J connectivity index is 1.34. The molecule has 2 aromatic rings. The number of hydrogen-bond donors (Lipinski definition) is 2. The van der Waals surface area contributed by atoms with Crippen LogP contribution >= 0.6 is 23.2 Å². The van der Waals surface area contributed by atoms with Crippen LogP contribution in [0.1, 0.15) is 38.7 Å². The molecule has 3 amide bonds. The Kier molecular flexibility index (Phi) is 7.75. The quantitative estimate of drug-likeness (QED) is 0.418. The second-order valence-corrected chi connectivity index (χ2v) is 12.9. The Hall–Kier alpha value is -3.07. The second kappa shape index (κ2) is 11.2. The van der Waals surface area contributed by atoms with Gasteiger partial charge in [0.15, 0.2) is 0 Å². The molecule has 42 heavy (non-hydrogen) atoms. The minimum atomic E-state index is -1.26. The topological polar surface area (TPSA) is 97.0 Å². The van der Waals surface area contributed by atoms with E-state index >= 15 is 0 Å². The van der Waals surface area contributed by atoms with Crippen LogP contribution in [0.2, 0.25) is 10.0 Å². The summed E-state index contributed by atoms with van der Waals surface area (Å²) in [6, 6.07) is 11.2. The molecule has 8 nitrogen and oxygen atoms in total. The van der Waals surface area contributed by atoms with Crippen molar-refractivity contribution in [1.82, 2.24) is 10.2 Å². The van der Waals surface area contributed by atoms with Gasteiger partial charge in [0.1, 0.15) is 17.4 Å². The number of likely N-dealkylation sites (tertiary alicyclic amines) is 1. The summed E-state index contributed by atoms with van der Waals surface area (Å²) < 4.78 is 11.9. The molecule has 222 valence electrons. The normalized spacial score (nSPS) is 33.0. The van der Waals surface area contributed by atoms with Crippen LogP contribution in [0.15, 0.2) is 54.6 Å². The Labute approximate surface area is 255 Å². The van der Waals surface area contributed by atoms with Crippen LogP contribution in [-0.4, -0.2) is 53.5 Å². The first-order chi connectivity index (χ1) is 20.1. The Morgan fingerprint density at radius 1 is 1.10 bits per heavy atom. The molecule has 2 N–H and O–H groups in total. The number of nitrogens with zero attached hydrogens (tertiary/aromatic N) is 1. The molecule has 1 aliphatic carbocycles. The maximum Gasteiger partial charge on any atom is 0.246 e. The van der Waals surface area contributed by atoms with E-state index in [4.69, 9.17) is 32.7 Å². The molecule has 8 atom stereocenters. The highest BCUT2D eigenvalue weighted by Crippen LogP contribution is 2.55. The summed E-state index contributed by atoms with van der Waals surface area (Å²) in [5.41, 5.74) is -0.0290. The zero-order valence-electron chi connectivity index (χ0n) is 23.8. The first-order valence-electron chi connectivity index (χ1n) is 14.5. The van der Waals surface area contributed by atoms with Gasteiger partial charge in [-0.05, 0) is 54.2 Å². The molecule has 2 aromatic carbocycles. The van der Waals surface area contributed by atoms with E-state index in [0.717, 1.165) is 24.8 Å². The van der Waals surface area contributed by atoms with Crippen LogP contribution in [0.4, 0.5) is 5.69 Å². The van der Waals surface area contributed by atoms with E-state index in [-0.39, 0.29) is 30.3 Å². The largest absolute Gasteiger partial charge is 0.497 e. The highest BCUT2D eigenvalue weighted by Gasteiger charge is 2.72. The molecule has 2 saturated heterocycles. The molecule has 3 aliphatic heterocycles. The average Bonchev–Trinajstić information content (AvgIpc) is 3.58. The fourth-order valence-corrected chi connectivity index (χ4v) is 7.83. The summed E-state index contributed by atoms with van der Waals surface area (Å²) in [5.74, 6) is -1.20. The summed E-state index contributed by atoms with van der Waals surface area (Å²) in [6.07, 6.45) is 6.04. The molecular formula is C32H35Cl2N3O5. The zero-order valence-corrected chi connectivity index (χ0v) is 25.3.